The molecule has 1 aliphatic heterocycles. The zero-order valence-corrected chi connectivity index (χ0v) is 11.7. The number of thiophene rings is 1. The van der Waals surface area contributed by atoms with Gasteiger partial charge >= 0.3 is 0 Å². The summed E-state index contributed by atoms with van der Waals surface area (Å²) in [5.74, 6) is 1.67. The zero-order chi connectivity index (χ0) is 13.2. The van der Waals surface area contributed by atoms with E-state index in [1.165, 1.54) is 4.88 Å². The Morgan fingerprint density at radius 2 is 2.42 bits per heavy atom. The first-order valence-corrected chi connectivity index (χ1v) is 7.34. The lowest BCUT2D eigenvalue weighted by molar-refractivity contribution is 0.297. The third kappa shape index (κ3) is 2.69. The van der Waals surface area contributed by atoms with Gasteiger partial charge in [0, 0.05) is 36.3 Å². The van der Waals surface area contributed by atoms with Crippen molar-refractivity contribution < 1.29 is 4.39 Å². The number of aromatic nitrogens is 3. The topological polar surface area (TPSA) is 44.8 Å². The van der Waals surface area contributed by atoms with Gasteiger partial charge < -0.3 is 0 Å². The van der Waals surface area contributed by atoms with Gasteiger partial charge in [0.25, 0.3) is 0 Å². The Morgan fingerprint density at radius 3 is 3.05 bits per heavy atom. The Balaban J connectivity index is 1.71. The molecule has 0 aliphatic carbocycles. The van der Waals surface area contributed by atoms with Crippen LogP contribution in [0.1, 0.15) is 22.4 Å². The van der Waals surface area contributed by atoms with Crippen LogP contribution in [0.5, 0.6) is 0 Å². The van der Waals surface area contributed by atoms with Gasteiger partial charge in [-0.1, -0.05) is 6.07 Å². The van der Waals surface area contributed by atoms with E-state index in [9.17, 15) is 4.39 Å². The molecule has 19 heavy (non-hydrogen) atoms. The summed E-state index contributed by atoms with van der Waals surface area (Å²) in [5, 5.41) is 9.13. The fourth-order valence-corrected chi connectivity index (χ4v) is 3.43. The molecule has 2 aromatic rings. The second-order valence-electron chi connectivity index (χ2n) is 5.07. The third-order valence-corrected chi connectivity index (χ3v) is 4.48. The van der Waals surface area contributed by atoms with Crippen molar-refractivity contribution >= 4 is 11.3 Å². The lowest BCUT2D eigenvalue weighted by atomic mass is 9.97. The molecule has 0 amide bonds. The van der Waals surface area contributed by atoms with Crippen molar-refractivity contribution in [2.24, 2.45) is 5.92 Å². The van der Waals surface area contributed by atoms with E-state index in [0.29, 0.717) is 0 Å². The number of aromatic amines is 1. The van der Waals surface area contributed by atoms with Crippen LogP contribution in [0.4, 0.5) is 4.39 Å². The molecule has 2 aromatic heterocycles. The molecule has 0 spiro atoms. The Kier molecular flexibility index (Phi) is 3.61. The van der Waals surface area contributed by atoms with Crippen molar-refractivity contribution in [3.63, 3.8) is 0 Å². The largest absolute Gasteiger partial charge is 0.297 e. The highest BCUT2D eigenvalue weighted by Gasteiger charge is 2.36. The number of halogens is 1. The molecule has 0 bridgehead atoms. The minimum absolute atomic E-state index is 0.00941. The molecule has 0 aromatic carbocycles. The summed E-state index contributed by atoms with van der Waals surface area (Å²) in [4.78, 5) is 7.99. The van der Waals surface area contributed by atoms with Crippen LogP contribution in [-0.2, 0) is 6.54 Å². The molecule has 0 unspecified atom stereocenters. The highest BCUT2D eigenvalue weighted by atomic mass is 32.1. The van der Waals surface area contributed by atoms with E-state index in [1.807, 2.05) is 6.92 Å². The van der Waals surface area contributed by atoms with Gasteiger partial charge in [-0.15, -0.1) is 11.3 Å². The second-order valence-corrected chi connectivity index (χ2v) is 6.11. The highest BCUT2D eigenvalue weighted by Crippen LogP contribution is 2.32. The van der Waals surface area contributed by atoms with Gasteiger partial charge in [0.05, 0.1) is 6.67 Å². The predicted molar refractivity (Wildman–Crippen MR) is 72.9 cm³/mol. The van der Waals surface area contributed by atoms with Gasteiger partial charge in [-0.05, 0) is 18.4 Å². The lowest BCUT2D eigenvalue weighted by Crippen LogP contribution is -2.20. The van der Waals surface area contributed by atoms with Crippen LogP contribution in [0.25, 0.3) is 0 Å². The average Bonchev–Trinajstić information content (AvgIpc) is 3.10. The Bertz CT molecular complexity index is 524. The van der Waals surface area contributed by atoms with E-state index in [2.05, 4.69) is 37.6 Å². The molecule has 2 atom stereocenters. The van der Waals surface area contributed by atoms with Gasteiger partial charge in [0.1, 0.15) is 5.82 Å². The van der Waals surface area contributed by atoms with Crippen LogP contribution in [0, 0.1) is 12.8 Å². The van der Waals surface area contributed by atoms with Crippen LogP contribution in [0.2, 0.25) is 0 Å². The molecule has 1 N–H and O–H groups in total. The molecular formula is C13H17FN4S. The van der Waals surface area contributed by atoms with Crippen molar-refractivity contribution in [3.05, 3.63) is 34.0 Å². The first-order chi connectivity index (χ1) is 9.26. The number of aryl methyl sites for hydroxylation is 1. The molecule has 3 rings (SSSR count). The fourth-order valence-electron chi connectivity index (χ4n) is 2.69. The smallest absolute Gasteiger partial charge is 0.155 e. The number of nitrogens with one attached hydrogen (secondary N) is 1. The average molecular weight is 280 g/mol. The predicted octanol–water partition coefficient (Wildman–Crippen LogP) is 2.36. The van der Waals surface area contributed by atoms with Crippen molar-refractivity contribution in [1.82, 2.24) is 20.1 Å². The summed E-state index contributed by atoms with van der Waals surface area (Å²) in [7, 11) is 0. The fraction of sp³-hybridized carbons (Fsp3) is 0.538. The normalized spacial score (nSPS) is 24.1. The van der Waals surface area contributed by atoms with Crippen LogP contribution in [-0.4, -0.2) is 39.8 Å². The number of H-pyrrole nitrogens is 1. The van der Waals surface area contributed by atoms with Gasteiger partial charge in [0.15, 0.2) is 5.82 Å². The SMILES string of the molecule is Cc1nc([C@@H]2CN(Cc3cccs3)C[C@H]2CF)n[nH]1. The monoisotopic (exact) mass is 280 g/mol. The molecule has 6 heteroatoms. The number of alkyl halides is 1. The molecule has 4 nitrogen and oxygen atoms in total. The molecule has 0 saturated carbocycles. The maximum atomic E-state index is 13.2. The molecule has 1 aliphatic rings. The van der Waals surface area contributed by atoms with Crippen LogP contribution in [0.15, 0.2) is 17.5 Å². The molecule has 1 saturated heterocycles. The van der Waals surface area contributed by atoms with E-state index in [1.54, 1.807) is 11.3 Å². The van der Waals surface area contributed by atoms with Crippen molar-refractivity contribution in [2.75, 3.05) is 19.8 Å². The summed E-state index contributed by atoms with van der Waals surface area (Å²) in [6.45, 7) is 4.09. The van der Waals surface area contributed by atoms with Crippen LogP contribution >= 0.6 is 11.3 Å². The Labute approximate surface area is 115 Å². The number of nitrogens with zero attached hydrogens (tertiary/aromatic N) is 3. The van der Waals surface area contributed by atoms with E-state index in [-0.39, 0.29) is 18.5 Å². The standard InChI is InChI=1S/C13H17FN4S/c1-9-15-13(17-16-9)12-8-18(6-10(12)5-14)7-11-3-2-4-19-11/h2-4,10,12H,5-8H2,1H3,(H,15,16,17)/t10-,12-/m1/s1. The molecule has 1 fully saturated rings. The zero-order valence-electron chi connectivity index (χ0n) is 10.8. The van der Waals surface area contributed by atoms with E-state index in [0.717, 1.165) is 31.3 Å². The minimum atomic E-state index is -0.306. The third-order valence-electron chi connectivity index (χ3n) is 3.62. The molecule has 102 valence electrons. The molecule has 0 radical (unpaired) electrons. The van der Waals surface area contributed by atoms with Crippen molar-refractivity contribution in [2.45, 2.75) is 19.4 Å². The maximum absolute atomic E-state index is 13.2. The second kappa shape index (κ2) is 5.38. The first kappa shape index (κ1) is 12.7. The van der Waals surface area contributed by atoms with E-state index >= 15 is 0 Å². The summed E-state index contributed by atoms with van der Waals surface area (Å²) in [5.41, 5.74) is 0. The molecular weight excluding hydrogens is 263 g/mol. The summed E-state index contributed by atoms with van der Waals surface area (Å²) in [6.07, 6.45) is 0. The van der Waals surface area contributed by atoms with Crippen molar-refractivity contribution in [1.29, 1.82) is 0 Å². The van der Waals surface area contributed by atoms with E-state index in [4.69, 9.17) is 0 Å². The first-order valence-electron chi connectivity index (χ1n) is 6.46. The van der Waals surface area contributed by atoms with E-state index < -0.39 is 0 Å². The van der Waals surface area contributed by atoms with Gasteiger partial charge in [-0.3, -0.25) is 14.4 Å². The number of hydrogen-bond acceptors (Lipinski definition) is 4. The summed E-state index contributed by atoms with van der Waals surface area (Å²) in [6, 6.07) is 4.18. The van der Waals surface area contributed by atoms with Gasteiger partial charge in [-0.25, -0.2) is 4.98 Å². The van der Waals surface area contributed by atoms with Crippen molar-refractivity contribution in [3.8, 4) is 0 Å². The summed E-state index contributed by atoms with van der Waals surface area (Å²) >= 11 is 1.75. The Hall–Kier alpha value is -1.27. The van der Waals surface area contributed by atoms with Crippen LogP contribution < -0.4 is 0 Å². The molecule has 3 heterocycles. The lowest BCUT2D eigenvalue weighted by Gasteiger charge is -2.13. The Morgan fingerprint density at radius 1 is 1.53 bits per heavy atom. The summed E-state index contributed by atoms with van der Waals surface area (Å²) < 4.78 is 13.2. The van der Waals surface area contributed by atoms with Gasteiger partial charge in [-0.2, -0.15) is 5.10 Å². The quantitative estimate of drug-likeness (QED) is 0.935. The van der Waals surface area contributed by atoms with Gasteiger partial charge in [0.2, 0.25) is 0 Å². The highest BCUT2D eigenvalue weighted by molar-refractivity contribution is 7.09. The number of rotatable bonds is 4. The number of hydrogen-bond donors (Lipinski definition) is 1. The maximum Gasteiger partial charge on any atom is 0.155 e. The van der Waals surface area contributed by atoms with Crippen LogP contribution in [0.3, 0.4) is 0 Å². The minimum Gasteiger partial charge on any atom is -0.297 e. The number of likely N-dealkylation sites (tertiary alicyclic amines) is 1.